The minimum absolute atomic E-state index is 0.0388. The van der Waals surface area contributed by atoms with Gasteiger partial charge < -0.3 is 25.8 Å². The van der Waals surface area contributed by atoms with Crippen LogP contribution < -0.4 is 11.3 Å². The normalized spacial score (nSPS) is 30.1. The molecule has 1 saturated heterocycles. The van der Waals surface area contributed by atoms with Crippen molar-refractivity contribution in [1.29, 1.82) is 0 Å². The van der Waals surface area contributed by atoms with E-state index in [0.29, 0.717) is 0 Å². The first kappa shape index (κ1) is 13.0. The number of aliphatic hydroxyl groups excluding tert-OH is 3. The van der Waals surface area contributed by atoms with Gasteiger partial charge in [-0.3, -0.25) is 14.3 Å². The van der Waals surface area contributed by atoms with Crippen molar-refractivity contribution < 1.29 is 20.1 Å². The lowest BCUT2D eigenvalue weighted by molar-refractivity contribution is -0.0511. The third-order valence-corrected chi connectivity index (χ3v) is 3.24. The van der Waals surface area contributed by atoms with E-state index in [9.17, 15) is 15.0 Å². The number of nitrogens with two attached hydrogens (primary N) is 1. The van der Waals surface area contributed by atoms with Crippen LogP contribution in [0.25, 0.3) is 11.2 Å². The van der Waals surface area contributed by atoms with Crippen molar-refractivity contribution in [2.75, 3.05) is 12.3 Å². The van der Waals surface area contributed by atoms with Gasteiger partial charge in [0.15, 0.2) is 17.4 Å². The van der Waals surface area contributed by atoms with E-state index in [-0.39, 0.29) is 17.1 Å². The second kappa shape index (κ2) is 4.52. The maximum absolute atomic E-state index is 11.7. The number of ether oxygens (including phenoxy) is 1. The second-order valence-electron chi connectivity index (χ2n) is 4.50. The summed E-state index contributed by atoms with van der Waals surface area (Å²) < 4.78 is 6.64. The molecule has 3 heterocycles. The Hall–Kier alpha value is -2.01. The van der Waals surface area contributed by atoms with Gasteiger partial charge in [-0.2, -0.15) is 4.98 Å². The smallest absolute Gasteiger partial charge is 0.280 e. The van der Waals surface area contributed by atoms with Crippen LogP contribution in [0.3, 0.4) is 0 Å². The molecule has 0 saturated carbocycles. The molecule has 0 aliphatic carbocycles. The van der Waals surface area contributed by atoms with Crippen molar-refractivity contribution in [2.45, 2.75) is 24.5 Å². The molecule has 1 fully saturated rings. The molecular formula is C10H13N5O5. The largest absolute Gasteiger partial charge is 0.394 e. The number of aliphatic hydroxyl groups is 3. The van der Waals surface area contributed by atoms with Crippen LogP contribution in [0.4, 0.5) is 5.95 Å². The SMILES string of the molecule is [15NH2]c1nc2c(ncn2[C@@H]2O[C@H](CO)[C@@H](O)[C@H]2O)c(=O)[15nH]1. The van der Waals surface area contributed by atoms with Crippen molar-refractivity contribution in [3.8, 4) is 0 Å². The molecule has 0 amide bonds. The molecule has 0 spiro atoms. The number of aromatic nitrogens is 4. The second-order valence-corrected chi connectivity index (χ2v) is 4.50. The average Bonchev–Trinajstić information content (AvgIpc) is 2.93. The lowest BCUT2D eigenvalue weighted by Crippen LogP contribution is -2.33. The number of anilines is 1. The number of nitrogens with one attached hydrogen (secondary N) is 1. The quantitative estimate of drug-likeness (QED) is 0.373. The van der Waals surface area contributed by atoms with Gasteiger partial charge in [-0.15, -0.1) is 0 Å². The summed E-state index contributed by atoms with van der Waals surface area (Å²) in [5, 5.41) is 28.7. The molecule has 20 heavy (non-hydrogen) atoms. The molecule has 6 N–H and O–H groups in total. The van der Waals surface area contributed by atoms with Gasteiger partial charge >= 0.3 is 0 Å². The van der Waals surface area contributed by atoms with Crippen LogP contribution in [-0.2, 0) is 4.74 Å². The minimum Gasteiger partial charge on any atom is -0.394 e. The number of rotatable bonds is 2. The Morgan fingerprint density at radius 1 is 1.45 bits per heavy atom. The summed E-state index contributed by atoms with van der Waals surface area (Å²) >= 11 is 0. The van der Waals surface area contributed by atoms with Crippen LogP contribution in [-0.4, -0.2) is 59.8 Å². The fourth-order valence-electron chi connectivity index (χ4n) is 2.24. The van der Waals surface area contributed by atoms with E-state index in [0.717, 1.165) is 0 Å². The molecule has 10 heteroatoms. The molecule has 3 rings (SSSR count). The highest BCUT2D eigenvalue weighted by molar-refractivity contribution is 5.70. The summed E-state index contributed by atoms with van der Waals surface area (Å²) in [7, 11) is 0. The minimum atomic E-state index is -1.29. The Balaban J connectivity index is 2.09. The maximum Gasteiger partial charge on any atom is 0.280 e. The first-order valence-electron chi connectivity index (χ1n) is 5.87. The molecule has 2 aromatic rings. The highest BCUT2D eigenvalue weighted by Crippen LogP contribution is 2.30. The monoisotopic (exact) mass is 285 g/mol. The summed E-state index contributed by atoms with van der Waals surface area (Å²) in [6.45, 7) is -0.447. The van der Waals surface area contributed by atoms with Crippen LogP contribution in [0.2, 0.25) is 0 Å². The average molecular weight is 285 g/mol. The lowest BCUT2D eigenvalue weighted by Gasteiger charge is -2.16. The zero-order valence-corrected chi connectivity index (χ0v) is 10.2. The summed E-state index contributed by atoms with van der Waals surface area (Å²) in [6, 6.07) is 0. The van der Waals surface area contributed by atoms with Crippen LogP contribution in [0, 0.1) is 0 Å². The Kier molecular flexibility index (Phi) is 2.94. The third kappa shape index (κ3) is 1.78. The van der Waals surface area contributed by atoms with Crippen molar-refractivity contribution in [2.24, 2.45) is 0 Å². The number of hydrogen-bond acceptors (Lipinski definition) is 8. The Morgan fingerprint density at radius 3 is 2.85 bits per heavy atom. The fourth-order valence-corrected chi connectivity index (χ4v) is 2.24. The fraction of sp³-hybridized carbons (Fsp3) is 0.500. The number of hydrogen-bond donors (Lipinski definition) is 5. The number of H-pyrrole nitrogens is 1. The van der Waals surface area contributed by atoms with E-state index in [1.165, 1.54) is 10.9 Å². The molecule has 2 aromatic heterocycles. The first-order chi connectivity index (χ1) is 9.52. The first-order valence-corrected chi connectivity index (χ1v) is 5.87. The summed E-state index contributed by atoms with van der Waals surface area (Å²) in [4.78, 5) is 21.8. The zero-order valence-electron chi connectivity index (χ0n) is 10.2. The predicted molar refractivity (Wildman–Crippen MR) is 65.6 cm³/mol. The predicted octanol–water partition coefficient (Wildman–Crippen LogP) is -2.69. The van der Waals surface area contributed by atoms with Crippen LogP contribution >= 0.6 is 0 Å². The number of nitrogen functional groups attached to an aromatic ring is 1. The number of fused-ring (bicyclic) bond motifs is 1. The van der Waals surface area contributed by atoms with E-state index >= 15 is 0 Å². The molecule has 108 valence electrons. The van der Waals surface area contributed by atoms with Gasteiger partial charge in [-0.1, -0.05) is 0 Å². The molecule has 1 aliphatic rings. The molecule has 0 radical (unpaired) electrons. The molecule has 10 nitrogen and oxygen atoms in total. The summed E-state index contributed by atoms with van der Waals surface area (Å²) in [6.07, 6.45) is -3.21. The Labute approximate surface area is 111 Å². The van der Waals surface area contributed by atoms with Gasteiger partial charge in [0.2, 0.25) is 5.95 Å². The van der Waals surface area contributed by atoms with E-state index in [1.54, 1.807) is 0 Å². The van der Waals surface area contributed by atoms with Crippen molar-refractivity contribution in [3.63, 3.8) is 0 Å². The molecule has 1 aliphatic heterocycles. The molecule has 0 aromatic carbocycles. The van der Waals surface area contributed by atoms with Gasteiger partial charge in [-0.25, -0.2) is 4.98 Å². The van der Waals surface area contributed by atoms with Crippen LogP contribution in [0.15, 0.2) is 11.1 Å². The van der Waals surface area contributed by atoms with Gasteiger partial charge in [0.1, 0.15) is 18.3 Å². The van der Waals surface area contributed by atoms with Gasteiger partial charge in [0.05, 0.1) is 12.9 Å². The van der Waals surface area contributed by atoms with E-state index in [1.807, 2.05) is 0 Å². The van der Waals surface area contributed by atoms with E-state index < -0.39 is 36.7 Å². The standard InChI is InChI=1S/C10H13N5O5/c11-10-13-7-4(8(19)14-10)12-2-15(7)9-6(18)5(17)3(1-16)20-9/h2-3,5-6,9,16-18H,1H2,(H3,11,13,14,19)/t3-,5-,6-,9-/m1/s1/i11+1,14+1. The van der Waals surface area contributed by atoms with Gasteiger partial charge in [0.25, 0.3) is 5.56 Å². The highest BCUT2D eigenvalue weighted by Gasteiger charge is 2.44. The summed E-state index contributed by atoms with van der Waals surface area (Å²) in [5.41, 5.74) is 5.12. The lowest BCUT2D eigenvalue weighted by atomic mass is 10.1. The van der Waals surface area contributed by atoms with Crippen molar-refractivity contribution >= 4 is 17.1 Å². The Morgan fingerprint density at radius 2 is 2.20 bits per heavy atom. The molecule has 0 bridgehead atoms. The Bertz CT molecular complexity index is 697. The zero-order chi connectivity index (χ0) is 14.4. The maximum atomic E-state index is 11.7. The number of imidazole rings is 1. The van der Waals surface area contributed by atoms with Crippen molar-refractivity contribution in [3.05, 3.63) is 16.7 Å². The highest BCUT2D eigenvalue weighted by atomic mass is 16.6. The molecular weight excluding hydrogens is 272 g/mol. The van der Waals surface area contributed by atoms with Crippen LogP contribution in [0.1, 0.15) is 6.23 Å². The van der Waals surface area contributed by atoms with Crippen molar-refractivity contribution in [1.82, 2.24) is 19.5 Å². The molecule has 0 unspecified atom stereocenters. The third-order valence-electron chi connectivity index (χ3n) is 3.24. The topological polar surface area (TPSA) is 160 Å². The summed E-state index contributed by atoms with van der Waals surface area (Å²) in [5.74, 6) is -0.101. The number of aromatic amines is 1. The van der Waals surface area contributed by atoms with Gasteiger partial charge in [-0.05, 0) is 0 Å². The van der Waals surface area contributed by atoms with Gasteiger partial charge in [0, 0.05) is 0 Å². The number of nitrogens with zero attached hydrogens (tertiary/aromatic N) is 3. The van der Waals surface area contributed by atoms with Crippen LogP contribution in [0.5, 0.6) is 0 Å². The molecule has 4 atom stereocenters. The van der Waals surface area contributed by atoms with E-state index in [2.05, 4.69) is 15.0 Å². The van der Waals surface area contributed by atoms with E-state index in [4.69, 9.17) is 15.6 Å².